The molecule has 0 aromatic heterocycles. The van der Waals surface area contributed by atoms with Gasteiger partial charge in [-0.3, -0.25) is 10.1 Å². The van der Waals surface area contributed by atoms with Gasteiger partial charge in [0.15, 0.2) is 11.5 Å². The van der Waals surface area contributed by atoms with Crippen molar-refractivity contribution in [2.75, 3.05) is 26.1 Å². The highest BCUT2D eigenvalue weighted by Gasteiger charge is 2.22. The molecule has 0 fully saturated rings. The van der Waals surface area contributed by atoms with Crippen molar-refractivity contribution >= 4 is 11.4 Å². The van der Waals surface area contributed by atoms with Crippen molar-refractivity contribution in [2.45, 2.75) is 19.9 Å². The maximum absolute atomic E-state index is 11.1. The van der Waals surface area contributed by atoms with Gasteiger partial charge < -0.3 is 19.9 Å². The van der Waals surface area contributed by atoms with Crippen LogP contribution < -0.4 is 14.8 Å². The Bertz CT molecular complexity index is 476. The molecule has 0 aliphatic carbocycles. The van der Waals surface area contributed by atoms with E-state index in [1.807, 2.05) is 13.8 Å². The maximum atomic E-state index is 11.1. The second-order valence-electron chi connectivity index (χ2n) is 4.66. The number of nitrogens with one attached hydrogen (secondary N) is 1. The number of nitrogens with zero attached hydrogens (tertiary/aromatic N) is 1. The highest BCUT2D eigenvalue weighted by atomic mass is 16.6. The lowest BCUT2D eigenvalue weighted by Crippen LogP contribution is -2.29. The molecule has 0 amide bonds. The minimum Gasteiger partial charge on any atom is -0.493 e. The van der Waals surface area contributed by atoms with E-state index in [0.717, 1.165) is 0 Å². The van der Waals surface area contributed by atoms with Crippen molar-refractivity contribution in [3.63, 3.8) is 0 Å². The molecule has 0 bridgehead atoms. The van der Waals surface area contributed by atoms with Gasteiger partial charge in [-0.25, -0.2) is 0 Å². The molecule has 0 aliphatic rings. The van der Waals surface area contributed by atoms with E-state index < -0.39 is 4.92 Å². The summed E-state index contributed by atoms with van der Waals surface area (Å²) in [7, 11) is 2.87. The number of nitro groups is 1. The molecule has 20 heavy (non-hydrogen) atoms. The number of nitro benzene ring substituents is 1. The molecule has 1 atom stereocenters. The van der Waals surface area contributed by atoms with Crippen LogP contribution in [-0.2, 0) is 0 Å². The van der Waals surface area contributed by atoms with E-state index in [1.165, 1.54) is 26.4 Å². The summed E-state index contributed by atoms with van der Waals surface area (Å²) < 4.78 is 10.2. The highest BCUT2D eigenvalue weighted by Crippen LogP contribution is 2.38. The van der Waals surface area contributed by atoms with Gasteiger partial charge in [-0.05, 0) is 5.92 Å². The van der Waals surface area contributed by atoms with Gasteiger partial charge in [0.1, 0.15) is 5.69 Å². The van der Waals surface area contributed by atoms with Gasteiger partial charge in [0, 0.05) is 6.07 Å². The predicted octanol–water partition coefficient (Wildman–Crippen LogP) is 2.04. The van der Waals surface area contributed by atoms with Crippen LogP contribution in [0.4, 0.5) is 11.4 Å². The lowest BCUT2D eigenvalue weighted by atomic mass is 10.0. The highest BCUT2D eigenvalue weighted by molar-refractivity contribution is 5.68. The first kappa shape index (κ1) is 16.0. The molecule has 1 aromatic rings. The topological polar surface area (TPSA) is 93.9 Å². The first-order valence-electron chi connectivity index (χ1n) is 6.22. The molecule has 1 unspecified atom stereocenters. The van der Waals surface area contributed by atoms with Crippen LogP contribution in [0.1, 0.15) is 13.8 Å². The van der Waals surface area contributed by atoms with E-state index in [-0.39, 0.29) is 30.0 Å². The minimum absolute atomic E-state index is 0.118. The summed E-state index contributed by atoms with van der Waals surface area (Å²) in [5.74, 6) is 0.795. The molecule has 112 valence electrons. The first-order valence-corrected chi connectivity index (χ1v) is 6.22. The summed E-state index contributed by atoms with van der Waals surface area (Å²) in [6.07, 6.45) is 0. The molecule has 7 nitrogen and oxygen atoms in total. The maximum Gasteiger partial charge on any atom is 0.296 e. The van der Waals surface area contributed by atoms with Crippen LogP contribution in [0.25, 0.3) is 0 Å². The predicted molar refractivity (Wildman–Crippen MR) is 75.5 cm³/mol. The Balaban J connectivity index is 3.25. The Hall–Kier alpha value is -2.02. The normalized spacial score (nSPS) is 12.1. The van der Waals surface area contributed by atoms with Crippen molar-refractivity contribution in [3.8, 4) is 11.5 Å². The molecular formula is C13H20N2O5. The van der Waals surface area contributed by atoms with Crippen LogP contribution >= 0.6 is 0 Å². The molecule has 2 N–H and O–H groups in total. The van der Waals surface area contributed by atoms with Crippen LogP contribution in [-0.4, -0.2) is 36.9 Å². The standard InChI is InChI=1S/C13H20N2O5/c1-8(2)10(7-16)14-9-5-12(19-3)13(20-4)6-11(9)15(17)18/h5-6,8,10,14,16H,7H2,1-4H3. The quantitative estimate of drug-likeness (QED) is 0.588. The van der Waals surface area contributed by atoms with Crippen LogP contribution in [0.3, 0.4) is 0 Å². The Morgan fingerprint density at radius 1 is 1.30 bits per heavy atom. The summed E-state index contributed by atoms with van der Waals surface area (Å²) in [5.41, 5.74) is 0.169. The number of benzene rings is 1. The van der Waals surface area contributed by atoms with Gasteiger partial charge in [0.25, 0.3) is 5.69 Å². The summed E-state index contributed by atoms with van der Waals surface area (Å²) in [6.45, 7) is 3.71. The third-order valence-corrected chi connectivity index (χ3v) is 3.04. The zero-order valence-electron chi connectivity index (χ0n) is 12.0. The Morgan fingerprint density at radius 3 is 2.25 bits per heavy atom. The van der Waals surface area contributed by atoms with Crippen LogP contribution in [0, 0.1) is 16.0 Å². The van der Waals surface area contributed by atoms with Gasteiger partial charge in [-0.2, -0.15) is 0 Å². The summed E-state index contributed by atoms with van der Waals surface area (Å²) >= 11 is 0. The molecule has 0 saturated carbocycles. The lowest BCUT2D eigenvalue weighted by molar-refractivity contribution is -0.384. The summed E-state index contributed by atoms with van der Waals surface area (Å²) in [6, 6.07) is 2.52. The molecule has 0 spiro atoms. The van der Waals surface area contributed by atoms with Crippen LogP contribution in [0.2, 0.25) is 0 Å². The number of hydrogen-bond donors (Lipinski definition) is 2. The number of aliphatic hydroxyl groups excluding tert-OH is 1. The summed E-state index contributed by atoms with van der Waals surface area (Å²) in [5, 5.41) is 23.4. The smallest absolute Gasteiger partial charge is 0.296 e. The van der Waals surface area contributed by atoms with E-state index in [9.17, 15) is 15.2 Å². The van der Waals surface area contributed by atoms with Crippen LogP contribution in [0.15, 0.2) is 12.1 Å². The number of methoxy groups -OCH3 is 2. The third-order valence-electron chi connectivity index (χ3n) is 3.04. The molecule has 1 rings (SSSR count). The molecule has 1 aromatic carbocycles. The van der Waals surface area contributed by atoms with E-state index in [0.29, 0.717) is 11.4 Å². The van der Waals surface area contributed by atoms with Gasteiger partial charge >= 0.3 is 0 Å². The lowest BCUT2D eigenvalue weighted by Gasteiger charge is -2.21. The van der Waals surface area contributed by atoms with Gasteiger partial charge in [-0.15, -0.1) is 0 Å². The van der Waals surface area contributed by atoms with E-state index in [2.05, 4.69) is 5.32 Å². The number of ether oxygens (including phenoxy) is 2. The SMILES string of the molecule is COc1cc(NC(CO)C(C)C)c([N+](=O)[O-])cc1OC. The second-order valence-corrected chi connectivity index (χ2v) is 4.66. The average Bonchev–Trinajstić information content (AvgIpc) is 2.43. The van der Waals surface area contributed by atoms with Crippen molar-refractivity contribution in [1.29, 1.82) is 0 Å². The molecule has 0 heterocycles. The first-order chi connectivity index (χ1) is 9.44. The minimum atomic E-state index is -0.501. The van der Waals surface area contributed by atoms with E-state index in [1.54, 1.807) is 0 Å². The number of anilines is 1. The van der Waals surface area contributed by atoms with Gasteiger partial charge in [0.2, 0.25) is 0 Å². The number of rotatable bonds is 7. The van der Waals surface area contributed by atoms with E-state index >= 15 is 0 Å². The Kier molecular flexibility index (Phi) is 5.57. The average molecular weight is 284 g/mol. The molecule has 0 radical (unpaired) electrons. The molecular weight excluding hydrogens is 264 g/mol. The Morgan fingerprint density at radius 2 is 1.85 bits per heavy atom. The fraction of sp³-hybridized carbons (Fsp3) is 0.538. The third kappa shape index (κ3) is 3.51. The largest absolute Gasteiger partial charge is 0.493 e. The monoisotopic (exact) mass is 284 g/mol. The second kappa shape index (κ2) is 6.95. The Labute approximate surface area is 117 Å². The molecule has 0 saturated heterocycles. The van der Waals surface area contributed by atoms with Gasteiger partial charge in [0.05, 0.1) is 37.9 Å². The number of aliphatic hydroxyl groups is 1. The van der Waals surface area contributed by atoms with Crippen molar-refractivity contribution < 1.29 is 19.5 Å². The van der Waals surface area contributed by atoms with E-state index in [4.69, 9.17) is 9.47 Å². The van der Waals surface area contributed by atoms with Crippen LogP contribution in [0.5, 0.6) is 11.5 Å². The fourth-order valence-corrected chi connectivity index (χ4v) is 1.76. The molecule has 0 aliphatic heterocycles. The van der Waals surface area contributed by atoms with Gasteiger partial charge in [-0.1, -0.05) is 13.8 Å². The van der Waals surface area contributed by atoms with Crippen molar-refractivity contribution in [1.82, 2.24) is 0 Å². The zero-order valence-corrected chi connectivity index (χ0v) is 12.0. The molecule has 7 heteroatoms. The number of hydrogen-bond acceptors (Lipinski definition) is 6. The van der Waals surface area contributed by atoms with Crippen molar-refractivity contribution in [3.05, 3.63) is 22.2 Å². The summed E-state index contributed by atoms with van der Waals surface area (Å²) in [4.78, 5) is 10.6. The van der Waals surface area contributed by atoms with Crippen molar-refractivity contribution in [2.24, 2.45) is 5.92 Å². The zero-order chi connectivity index (χ0) is 15.3. The fourth-order valence-electron chi connectivity index (χ4n) is 1.76.